The van der Waals surface area contributed by atoms with Gasteiger partial charge in [0.25, 0.3) is 5.91 Å². The lowest BCUT2D eigenvalue weighted by Crippen LogP contribution is -3.00. The van der Waals surface area contributed by atoms with Crippen molar-refractivity contribution >= 4 is 11.9 Å². The SMILES string of the molecule is NC(=O)C(c1cncnc1)[N+]12CCC(CC1)[C@@H](OC(=O)C1(c3ccccc3)CCCCCC1)C2.[Cl-]. The predicted molar refractivity (Wildman–Crippen MR) is 127 cm³/mol. The Morgan fingerprint density at radius 3 is 2.23 bits per heavy atom. The summed E-state index contributed by atoms with van der Waals surface area (Å²) in [7, 11) is 0. The number of esters is 1. The molecule has 3 saturated heterocycles. The monoisotopic (exact) mass is 498 g/mol. The van der Waals surface area contributed by atoms with Crippen LogP contribution in [0.25, 0.3) is 0 Å². The first kappa shape index (κ1) is 25.6. The number of fused-ring (bicyclic) bond motifs is 3. The van der Waals surface area contributed by atoms with E-state index in [9.17, 15) is 9.59 Å². The molecule has 4 heterocycles. The van der Waals surface area contributed by atoms with E-state index in [2.05, 4.69) is 22.1 Å². The lowest BCUT2D eigenvalue weighted by molar-refractivity contribution is -0.965. The van der Waals surface area contributed by atoms with Gasteiger partial charge in [0.1, 0.15) is 12.9 Å². The molecule has 4 aliphatic rings. The first-order valence-electron chi connectivity index (χ1n) is 12.7. The van der Waals surface area contributed by atoms with Crippen LogP contribution in [0.5, 0.6) is 0 Å². The van der Waals surface area contributed by atoms with Gasteiger partial charge in [0.15, 0.2) is 12.1 Å². The third-order valence-corrected chi connectivity index (χ3v) is 8.61. The molecule has 188 valence electrons. The summed E-state index contributed by atoms with van der Waals surface area (Å²) in [4.78, 5) is 34.9. The number of carbonyl (C=O) groups excluding carboxylic acids is 2. The summed E-state index contributed by atoms with van der Waals surface area (Å²) >= 11 is 0. The quantitative estimate of drug-likeness (QED) is 0.354. The summed E-state index contributed by atoms with van der Waals surface area (Å²) in [6.07, 6.45) is 12.5. The molecule has 2 bridgehead atoms. The molecular formula is C27H35ClN4O3. The molecule has 3 aliphatic heterocycles. The first-order chi connectivity index (χ1) is 16.5. The fourth-order valence-corrected chi connectivity index (χ4v) is 6.81. The highest BCUT2D eigenvalue weighted by Crippen LogP contribution is 2.45. The number of primary amides is 1. The Balaban J connectivity index is 0.00000289. The highest BCUT2D eigenvalue weighted by Gasteiger charge is 2.55. The van der Waals surface area contributed by atoms with E-state index in [1.54, 1.807) is 12.4 Å². The number of nitrogens with two attached hydrogens (primary N) is 1. The summed E-state index contributed by atoms with van der Waals surface area (Å²) in [6.45, 7) is 2.32. The number of benzene rings is 1. The van der Waals surface area contributed by atoms with Crippen LogP contribution in [0, 0.1) is 5.92 Å². The Kier molecular flexibility index (Phi) is 7.77. The molecule has 1 amide bonds. The molecule has 1 unspecified atom stereocenters. The largest absolute Gasteiger partial charge is 1.00 e. The predicted octanol–water partition coefficient (Wildman–Crippen LogP) is 0.451. The number of quaternary nitrogens is 1. The van der Waals surface area contributed by atoms with Crippen molar-refractivity contribution in [3.05, 3.63) is 60.2 Å². The van der Waals surface area contributed by atoms with Gasteiger partial charge in [0.2, 0.25) is 0 Å². The van der Waals surface area contributed by atoms with Crippen LogP contribution in [0.15, 0.2) is 49.1 Å². The maximum atomic E-state index is 14.0. The van der Waals surface area contributed by atoms with Crippen molar-refractivity contribution in [3.8, 4) is 0 Å². The third-order valence-electron chi connectivity index (χ3n) is 8.61. The molecule has 2 N–H and O–H groups in total. The molecule has 8 heteroatoms. The molecule has 0 radical (unpaired) electrons. The van der Waals surface area contributed by atoms with Gasteiger partial charge in [-0.3, -0.25) is 9.59 Å². The fraction of sp³-hybridized carbons (Fsp3) is 0.556. The second-order valence-corrected chi connectivity index (χ2v) is 10.5. The lowest BCUT2D eigenvalue weighted by Gasteiger charge is -2.54. The molecule has 7 nitrogen and oxygen atoms in total. The Morgan fingerprint density at radius 1 is 1.00 bits per heavy atom. The Labute approximate surface area is 213 Å². The number of piperidine rings is 3. The topological polar surface area (TPSA) is 95.2 Å². The Morgan fingerprint density at radius 2 is 1.63 bits per heavy atom. The molecule has 1 aromatic heterocycles. The summed E-state index contributed by atoms with van der Waals surface area (Å²) in [5.74, 6) is -0.121. The maximum Gasteiger partial charge on any atom is 0.317 e. The van der Waals surface area contributed by atoms with E-state index >= 15 is 0 Å². The Hall–Kier alpha value is -2.51. The highest BCUT2D eigenvalue weighted by molar-refractivity contribution is 5.83. The van der Waals surface area contributed by atoms with E-state index in [-0.39, 0.29) is 30.4 Å². The number of hydrogen-bond donors (Lipinski definition) is 1. The van der Waals surface area contributed by atoms with Crippen molar-refractivity contribution < 1.29 is 31.2 Å². The molecule has 2 aromatic rings. The highest BCUT2D eigenvalue weighted by atomic mass is 35.5. The van der Waals surface area contributed by atoms with Gasteiger partial charge in [0.05, 0.1) is 24.1 Å². The number of carbonyl (C=O) groups is 2. The minimum Gasteiger partial charge on any atom is -1.00 e. The zero-order chi connectivity index (χ0) is 23.6. The first-order valence-corrected chi connectivity index (χ1v) is 12.7. The number of halogens is 1. The summed E-state index contributed by atoms with van der Waals surface area (Å²) in [5, 5.41) is 0. The molecule has 2 atom stereocenters. The van der Waals surface area contributed by atoms with Crippen LogP contribution in [0.4, 0.5) is 0 Å². The van der Waals surface area contributed by atoms with Gasteiger partial charge in [-0.15, -0.1) is 0 Å². The van der Waals surface area contributed by atoms with Gasteiger partial charge in [0, 0.05) is 31.2 Å². The van der Waals surface area contributed by atoms with Crippen LogP contribution in [-0.4, -0.2) is 52.1 Å². The normalized spacial score (nSPS) is 28.2. The van der Waals surface area contributed by atoms with E-state index in [0.29, 0.717) is 16.9 Å². The number of rotatable bonds is 6. The number of ether oxygens (including phenoxy) is 1. The van der Waals surface area contributed by atoms with Gasteiger partial charge in [-0.2, -0.15) is 0 Å². The second-order valence-electron chi connectivity index (χ2n) is 10.5. The summed E-state index contributed by atoms with van der Waals surface area (Å²) in [5.41, 5.74) is 7.17. The van der Waals surface area contributed by atoms with E-state index in [0.717, 1.165) is 75.6 Å². The number of hydrogen-bond acceptors (Lipinski definition) is 5. The van der Waals surface area contributed by atoms with Crippen molar-refractivity contribution in [2.75, 3.05) is 19.6 Å². The number of aromatic nitrogens is 2. The zero-order valence-corrected chi connectivity index (χ0v) is 20.9. The third kappa shape index (κ3) is 4.81. The van der Waals surface area contributed by atoms with Gasteiger partial charge in [-0.25, -0.2) is 9.97 Å². The molecule has 0 spiro atoms. The summed E-state index contributed by atoms with van der Waals surface area (Å²) < 4.78 is 6.95. The standard InChI is InChI=1S/C27H34N4O3.ClH/c28-25(32)24(21-16-29-19-30-17-21)31-14-10-20(11-15-31)23(18-31)34-26(33)27(12-6-1-2-7-13-27)22-8-4-3-5-9-22;/h3-5,8-9,16-17,19-20,23-24H,1-2,6-7,10-15,18H2,(H-,28,32);1H/t20?,23-,24?,31?;/m0./s1. The van der Waals surface area contributed by atoms with E-state index in [4.69, 9.17) is 10.5 Å². The van der Waals surface area contributed by atoms with Crippen LogP contribution in [0.3, 0.4) is 0 Å². The van der Waals surface area contributed by atoms with Gasteiger partial charge in [-0.1, -0.05) is 56.0 Å². The molecule has 6 rings (SSSR count). The van der Waals surface area contributed by atoms with E-state index in [1.807, 2.05) is 18.2 Å². The zero-order valence-electron chi connectivity index (χ0n) is 20.2. The van der Waals surface area contributed by atoms with Crippen LogP contribution in [0.2, 0.25) is 0 Å². The van der Waals surface area contributed by atoms with Gasteiger partial charge >= 0.3 is 5.97 Å². The van der Waals surface area contributed by atoms with Crippen LogP contribution in [0.1, 0.15) is 68.5 Å². The second kappa shape index (κ2) is 10.6. The molecule has 1 saturated carbocycles. The van der Waals surface area contributed by atoms with E-state index in [1.165, 1.54) is 6.33 Å². The smallest absolute Gasteiger partial charge is 0.317 e. The minimum atomic E-state index is -0.578. The molecule has 1 aliphatic carbocycles. The molecule has 35 heavy (non-hydrogen) atoms. The number of amides is 1. The van der Waals surface area contributed by atoms with Crippen LogP contribution >= 0.6 is 0 Å². The lowest BCUT2D eigenvalue weighted by atomic mass is 9.74. The molecule has 1 aromatic carbocycles. The van der Waals surface area contributed by atoms with Crippen molar-refractivity contribution in [1.29, 1.82) is 0 Å². The maximum absolute atomic E-state index is 14.0. The van der Waals surface area contributed by atoms with Crippen LogP contribution < -0.4 is 18.1 Å². The Bertz CT molecular complexity index is 1000. The van der Waals surface area contributed by atoms with E-state index < -0.39 is 11.5 Å². The van der Waals surface area contributed by atoms with Crippen molar-refractivity contribution in [3.63, 3.8) is 0 Å². The molecular weight excluding hydrogens is 464 g/mol. The average molecular weight is 499 g/mol. The van der Waals surface area contributed by atoms with Gasteiger partial charge < -0.3 is 27.4 Å². The fourth-order valence-electron chi connectivity index (χ4n) is 6.81. The average Bonchev–Trinajstić information content (AvgIpc) is 3.13. The van der Waals surface area contributed by atoms with Crippen molar-refractivity contribution in [2.45, 2.75) is 68.9 Å². The number of nitrogens with zero attached hydrogens (tertiary/aromatic N) is 3. The van der Waals surface area contributed by atoms with Crippen molar-refractivity contribution in [2.24, 2.45) is 11.7 Å². The van der Waals surface area contributed by atoms with Crippen LogP contribution in [-0.2, 0) is 19.7 Å². The molecule has 4 fully saturated rings. The van der Waals surface area contributed by atoms with Gasteiger partial charge in [-0.05, 0) is 18.4 Å². The van der Waals surface area contributed by atoms with Crippen molar-refractivity contribution in [1.82, 2.24) is 9.97 Å². The summed E-state index contributed by atoms with van der Waals surface area (Å²) in [6, 6.07) is 9.67. The minimum absolute atomic E-state index is 0.